The van der Waals surface area contributed by atoms with Gasteiger partial charge in [0.25, 0.3) is 23.6 Å². The number of hydrogen-bond donors (Lipinski definition) is 0. The minimum absolute atomic E-state index is 0.190. The van der Waals surface area contributed by atoms with Crippen LogP contribution < -0.4 is 0 Å². The van der Waals surface area contributed by atoms with E-state index in [0.717, 1.165) is 38.5 Å². The second-order valence-corrected chi connectivity index (χ2v) is 6.86. The average Bonchev–Trinajstić information content (AvgIpc) is 3.11. The molecule has 2 heterocycles. The van der Waals surface area contributed by atoms with Gasteiger partial charge in [0.2, 0.25) is 0 Å². The third-order valence-corrected chi connectivity index (χ3v) is 4.81. The van der Waals surface area contributed by atoms with Crippen LogP contribution in [0.2, 0.25) is 0 Å². The van der Waals surface area contributed by atoms with Crippen LogP contribution in [-0.2, 0) is 19.2 Å². The number of unbranched alkanes of at least 4 members (excludes halogenated alkanes) is 9. The standard InChI is InChI=1S/C20H28N2O4/c23-17-11-12-18(24)21(17)15-9-7-5-3-1-2-4-6-8-10-16-22-19(25)13-14-20(22)26/h11-14H,1-10,15-16H2. The van der Waals surface area contributed by atoms with Crippen molar-refractivity contribution in [3.8, 4) is 0 Å². The Balaban J connectivity index is 1.34. The first-order valence-corrected chi connectivity index (χ1v) is 9.66. The molecule has 0 aromatic carbocycles. The lowest BCUT2D eigenvalue weighted by atomic mass is 10.1. The highest BCUT2D eigenvalue weighted by molar-refractivity contribution is 6.13. The molecule has 0 atom stereocenters. The number of rotatable bonds is 13. The summed E-state index contributed by atoms with van der Waals surface area (Å²) in [6.07, 6.45) is 16.2. The van der Waals surface area contributed by atoms with Crippen molar-refractivity contribution in [1.82, 2.24) is 9.80 Å². The fourth-order valence-corrected chi connectivity index (χ4v) is 3.26. The molecule has 0 N–H and O–H groups in total. The van der Waals surface area contributed by atoms with Gasteiger partial charge in [-0.2, -0.15) is 0 Å². The second kappa shape index (κ2) is 10.7. The van der Waals surface area contributed by atoms with Gasteiger partial charge in [-0.25, -0.2) is 0 Å². The van der Waals surface area contributed by atoms with Crippen molar-refractivity contribution in [2.75, 3.05) is 13.1 Å². The average molecular weight is 360 g/mol. The molecule has 6 nitrogen and oxygen atoms in total. The maximum Gasteiger partial charge on any atom is 0.253 e. The molecule has 0 saturated heterocycles. The molecule has 0 saturated carbocycles. The molecule has 0 radical (unpaired) electrons. The predicted molar refractivity (Wildman–Crippen MR) is 97.9 cm³/mol. The Morgan fingerprint density at radius 3 is 0.923 bits per heavy atom. The van der Waals surface area contributed by atoms with Gasteiger partial charge in [-0.3, -0.25) is 29.0 Å². The predicted octanol–water partition coefficient (Wildman–Crippen LogP) is 2.74. The van der Waals surface area contributed by atoms with Gasteiger partial charge in [-0.15, -0.1) is 0 Å². The summed E-state index contributed by atoms with van der Waals surface area (Å²) in [5.41, 5.74) is 0. The van der Waals surface area contributed by atoms with E-state index in [2.05, 4.69) is 0 Å². The van der Waals surface area contributed by atoms with E-state index < -0.39 is 0 Å². The van der Waals surface area contributed by atoms with E-state index in [0.29, 0.717) is 13.1 Å². The fourth-order valence-electron chi connectivity index (χ4n) is 3.26. The summed E-state index contributed by atoms with van der Waals surface area (Å²) in [7, 11) is 0. The van der Waals surface area contributed by atoms with E-state index in [4.69, 9.17) is 0 Å². The van der Waals surface area contributed by atoms with Gasteiger partial charge in [0.15, 0.2) is 0 Å². The number of hydrogen-bond acceptors (Lipinski definition) is 4. The molecule has 2 aliphatic heterocycles. The third kappa shape index (κ3) is 6.24. The molecule has 0 spiro atoms. The van der Waals surface area contributed by atoms with Crippen molar-refractivity contribution in [1.29, 1.82) is 0 Å². The summed E-state index contributed by atoms with van der Waals surface area (Å²) in [5, 5.41) is 0. The van der Waals surface area contributed by atoms with Gasteiger partial charge in [-0.1, -0.05) is 51.4 Å². The lowest BCUT2D eigenvalue weighted by Crippen LogP contribution is -2.30. The zero-order valence-corrected chi connectivity index (χ0v) is 15.3. The smallest absolute Gasteiger partial charge is 0.253 e. The fraction of sp³-hybridized carbons (Fsp3) is 0.600. The number of amides is 4. The van der Waals surface area contributed by atoms with Crippen LogP contribution in [0.1, 0.15) is 64.2 Å². The van der Waals surface area contributed by atoms with Gasteiger partial charge in [0.1, 0.15) is 0 Å². The molecule has 4 amide bonds. The summed E-state index contributed by atoms with van der Waals surface area (Å²) in [5.74, 6) is -0.760. The second-order valence-electron chi connectivity index (χ2n) is 6.86. The summed E-state index contributed by atoms with van der Waals surface area (Å²) in [4.78, 5) is 48.1. The molecule has 0 aliphatic carbocycles. The number of nitrogens with zero attached hydrogens (tertiary/aromatic N) is 2. The molecule has 2 rings (SSSR count). The Morgan fingerprint density at radius 2 is 0.654 bits per heavy atom. The normalized spacial score (nSPS) is 16.6. The highest BCUT2D eigenvalue weighted by Gasteiger charge is 2.22. The van der Waals surface area contributed by atoms with Crippen molar-refractivity contribution in [2.24, 2.45) is 0 Å². The highest BCUT2D eigenvalue weighted by Crippen LogP contribution is 2.13. The molecule has 0 fully saturated rings. The Kier molecular flexibility index (Phi) is 8.25. The third-order valence-electron chi connectivity index (χ3n) is 4.81. The van der Waals surface area contributed by atoms with Crippen LogP contribution in [0.15, 0.2) is 24.3 Å². The summed E-state index contributed by atoms with van der Waals surface area (Å²) in [6.45, 7) is 1.06. The van der Waals surface area contributed by atoms with E-state index in [9.17, 15) is 19.2 Å². The van der Waals surface area contributed by atoms with Crippen LogP contribution in [-0.4, -0.2) is 46.5 Å². The lowest BCUT2D eigenvalue weighted by molar-refractivity contribution is -0.138. The van der Waals surface area contributed by atoms with Crippen LogP contribution in [0.25, 0.3) is 0 Å². The Bertz CT molecular complexity index is 507. The molecule has 142 valence electrons. The van der Waals surface area contributed by atoms with Crippen molar-refractivity contribution in [3.05, 3.63) is 24.3 Å². The molecule has 0 aromatic heterocycles. The quantitative estimate of drug-likeness (QED) is 0.374. The Morgan fingerprint density at radius 1 is 0.423 bits per heavy atom. The number of carbonyl (C=O) groups is 4. The topological polar surface area (TPSA) is 74.8 Å². The van der Waals surface area contributed by atoms with Gasteiger partial charge in [0.05, 0.1) is 0 Å². The lowest BCUT2D eigenvalue weighted by Gasteiger charge is -2.13. The van der Waals surface area contributed by atoms with E-state index in [1.807, 2.05) is 0 Å². The van der Waals surface area contributed by atoms with Crippen LogP contribution >= 0.6 is 0 Å². The minimum atomic E-state index is -0.190. The van der Waals surface area contributed by atoms with Gasteiger partial charge < -0.3 is 0 Å². The van der Waals surface area contributed by atoms with E-state index >= 15 is 0 Å². The Hall–Kier alpha value is -2.24. The molecular formula is C20H28N2O4. The Labute approximate surface area is 154 Å². The summed E-state index contributed by atoms with van der Waals surface area (Å²) in [6, 6.07) is 0. The zero-order chi connectivity index (χ0) is 18.8. The largest absolute Gasteiger partial charge is 0.275 e. The van der Waals surface area contributed by atoms with Crippen molar-refractivity contribution >= 4 is 23.6 Å². The first-order chi connectivity index (χ1) is 12.6. The monoisotopic (exact) mass is 360 g/mol. The molecule has 0 aromatic rings. The van der Waals surface area contributed by atoms with Crippen LogP contribution in [0.3, 0.4) is 0 Å². The molecule has 0 bridgehead atoms. The maximum atomic E-state index is 11.4. The summed E-state index contributed by atoms with van der Waals surface area (Å²) < 4.78 is 0. The van der Waals surface area contributed by atoms with E-state index in [-0.39, 0.29) is 23.6 Å². The number of imide groups is 2. The van der Waals surface area contributed by atoms with Crippen molar-refractivity contribution in [2.45, 2.75) is 64.2 Å². The molecular weight excluding hydrogens is 332 g/mol. The van der Waals surface area contributed by atoms with Gasteiger partial charge in [0, 0.05) is 37.4 Å². The first-order valence-electron chi connectivity index (χ1n) is 9.66. The minimum Gasteiger partial charge on any atom is -0.275 e. The molecule has 6 heteroatoms. The van der Waals surface area contributed by atoms with E-state index in [1.54, 1.807) is 0 Å². The highest BCUT2D eigenvalue weighted by atomic mass is 16.2. The first kappa shape index (κ1) is 20.1. The van der Waals surface area contributed by atoms with Gasteiger partial charge >= 0.3 is 0 Å². The summed E-state index contributed by atoms with van der Waals surface area (Å²) >= 11 is 0. The molecule has 26 heavy (non-hydrogen) atoms. The number of carbonyl (C=O) groups excluding carboxylic acids is 4. The van der Waals surface area contributed by atoms with E-state index in [1.165, 1.54) is 59.8 Å². The van der Waals surface area contributed by atoms with Crippen LogP contribution in [0.4, 0.5) is 0 Å². The van der Waals surface area contributed by atoms with Crippen molar-refractivity contribution < 1.29 is 19.2 Å². The van der Waals surface area contributed by atoms with Crippen molar-refractivity contribution in [3.63, 3.8) is 0 Å². The van der Waals surface area contributed by atoms with Crippen LogP contribution in [0.5, 0.6) is 0 Å². The van der Waals surface area contributed by atoms with Crippen LogP contribution in [0, 0.1) is 0 Å². The molecule has 0 unspecified atom stereocenters. The zero-order valence-electron chi connectivity index (χ0n) is 15.3. The SMILES string of the molecule is O=C1C=CC(=O)N1CCCCCCCCCCCCN1C(=O)C=CC1=O. The maximum absolute atomic E-state index is 11.4. The molecule has 2 aliphatic rings. The van der Waals surface area contributed by atoms with Gasteiger partial charge in [-0.05, 0) is 12.8 Å².